The molecule has 114 valence electrons. The maximum atomic E-state index is 12.5. The lowest BCUT2D eigenvalue weighted by Crippen LogP contribution is -2.43. The molecule has 2 saturated carbocycles. The fourth-order valence-corrected chi connectivity index (χ4v) is 6.05. The van der Waals surface area contributed by atoms with Gasteiger partial charge in [0.25, 0.3) is 0 Å². The van der Waals surface area contributed by atoms with Crippen molar-refractivity contribution in [3.05, 3.63) is 30.3 Å². The average molecular weight is 307 g/mol. The summed E-state index contributed by atoms with van der Waals surface area (Å²) in [6.07, 6.45) is 2.19. The van der Waals surface area contributed by atoms with Gasteiger partial charge < -0.3 is 0 Å². The first-order chi connectivity index (χ1) is 9.77. The molecule has 0 radical (unpaired) electrons. The summed E-state index contributed by atoms with van der Waals surface area (Å²) in [5.74, 6) is 0.358. The van der Waals surface area contributed by atoms with Crippen molar-refractivity contribution in [2.45, 2.75) is 33.1 Å². The van der Waals surface area contributed by atoms with E-state index in [9.17, 15) is 13.2 Å². The van der Waals surface area contributed by atoms with Crippen LogP contribution in [0.15, 0.2) is 30.3 Å². The Hall–Kier alpha value is -1.36. The van der Waals surface area contributed by atoms with E-state index in [2.05, 4.69) is 4.72 Å². The van der Waals surface area contributed by atoms with Gasteiger partial charge >= 0.3 is 0 Å². The second-order valence-electron chi connectivity index (χ2n) is 6.89. The highest BCUT2D eigenvalue weighted by Crippen LogP contribution is 2.64. The smallest absolute Gasteiger partial charge is 0.233 e. The summed E-state index contributed by atoms with van der Waals surface area (Å²) < 4.78 is 27.6. The van der Waals surface area contributed by atoms with Crippen molar-refractivity contribution in [2.24, 2.45) is 16.7 Å². The minimum atomic E-state index is -3.54. The van der Waals surface area contributed by atoms with E-state index in [-0.39, 0.29) is 17.0 Å². The molecule has 2 fully saturated rings. The van der Waals surface area contributed by atoms with Gasteiger partial charge in [0.1, 0.15) is 5.78 Å². The highest BCUT2D eigenvalue weighted by Gasteiger charge is 2.65. The molecule has 2 bridgehead atoms. The van der Waals surface area contributed by atoms with E-state index >= 15 is 0 Å². The Morgan fingerprint density at radius 1 is 1.24 bits per heavy atom. The molecular formula is C16H21NO3S. The van der Waals surface area contributed by atoms with Crippen LogP contribution in [0.5, 0.6) is 0 Å². The van der Waals surface area contributed by atoms with Gasteiger partial charge in [-0.25, -0.2) is 8.42 Å². The van der Waals surface area contributed by atoms with Crippen LogP contribution in [0.4, 0.5) is 5.69 Å². The molecule has 21 heavy (non-hydrogen) atoms. The fraction of sp³-hybridized carbons (Fsp3) is 0.562. The minimum absolute atomic E-state index is 0.1000. The number of benzene rings is 1. The lowest BCUT2D eigenvalue weighted by molar-refractivity contribution is -0.128. The van der Waals surface area contributed by atoms with Gasteiger partial charge in [-0.2, -0.15) is 0 Å². The van der Waals surface area contributed by atoms with E-state index in [1.807, 2.05) is 19.9 Å². The first kappa shape index (κ1) is 14.6. The zero-order chi connectivity index (χ0) is 15.3. The van der Waals surface area contributed by atoms with Crippen molar-refractivity contribution in [1.82, 2.24) is 0 Å². The molecule has 0 aliphatic heterocycles. The standard InChI is InChI=1S/C16H21NO3S/c1-15(2)12-8-9-16(15,14(18)10-12)11-21(19,20)17-13-6-4-3-5-7-13/h3-7,12,17H,8-11H2,1-2H3/t12-,16-/m1/s1. The molecule has 0 unspecified atom stereocenters. The second kappa shape index (κ2) is 4.57. The Labute approximate surface area is 126 Å². The van der Waals surface area contributed by atoms with Gasteiger partial charge in [0.05, 0.1) is 11.2 Å². The zero-order valence-corrected chi connectivity index (χ0v) is 13.2. The highest BCUT2D eigenvalue weighted by molar-refractivity contribution is 7.92. The number of carbonyl (C=O) groups excluding carboxylic acids is 1. The lowest BCUT2D eigenvalue weighted by Gasteiger charge is -2.36. The van der Waals surface area contributed by atoms with Gasteiger partial charge in [-0.05, 0) is 36.3 Å². The normalized spacial score (nSPS) is 30.6. The van der Waals surface area contributed by atoms with E-state index < -0.39 is 15.4 Å². The number of hydrogen-bond donors (Lipinski definition) is 1. The van der Waals surface area contributed by atoms with Gasteiger partial charge in [-0.3, -0.25) is 9.52 Å². The third-order valence-electron chi connectivity index (χ3n) is 5.62. The zero-order valence-electron chi connectivity index (χ0n) is 12.4. The van der Waals surface area contributed by atoms with Crippen molar-refractivity contribution in [3.8, 4) is 0 Å². The average Bonchev–Trinajstić information content (AvgIpc) is 2.72. The van der Waals surface area contributed by atoms with Crippen LogP contribution in [0.25, 0.3) is 0 Å². The molecule has 4 nitrogen and oxygen atoms in total. The first-order valence-corrected chi connectivity index (χ1v) is 9.01. The maximum absolute atomic E-state index is 12.5. The van der Waals surface area contributed by atoms with Crippen molar-refractivity contribution in [1.29, 1.82) is 0 Å². The molecule has 0 heterocycles. The summed E-state index contributed by atoms with van der Waals surface area (Å²) >= 11 is 0. The molecule has 5 heteroatoms. The van der Waals surface area contributed by atoms with Crippen LogP contribution in [0.3, 0.4) is 0 Å². The summed E-state index contributed by atoms with van der Waals surface area (Å²) in [5, 5.41) is 0. The van der Waals surface area contributed by atoms with E-state index in [1.165, 1.54) is 0 Å². The van der Waals surface area contributed by atoms with Crippen LogP contribution in [0.2, 0.25) is 0 Å². The number of sulfonamides is 1. The van der Waals surface area contributed by atoms with Crippen molar-refractivity contribution >= 4 is 21.5 Å². The maximum Gasteiger partial charge on any atom is 0.233 e. The summed E-state index contributed by atoms with van der Waals surface area (Å²) in [5.41, 5.74) is -0.389. The Bertz CT molecular complexity index is 666. The lowest BCUT2D eigenvalue weighted by atomic mass is 9.70. The molecule has 1 N–H and O–H groups in total. The fourth-order valence-electron chi connectivity index (χ4n) is 4.15. The largest absolute Gasteiger partial charge is 0.299 e. The number of rotatable bonds is 4. The van der Waals surface area contributed by atoms with Gasteiger partial charge in [-0.15, -0.1) is 0 Å². The molecule has 0 saturated heterocycles. The summed E-state index contributed by atoms with van der Waals surface area (Å²) in [6.45, 7) is 4.10. The van der Waals surface area contributed by atoms with Crippen LogP contribution >= 0.6 is 0 Å². The molecule has 2 aliphatic carbocycles. The molecule has 0 aromatic heterocycles. The number of nitrogens with one attached hydrogen (secondary N) is 1. The van der Waals surface area contributed by atoms with E-state index in [1.54, 1.807) is 24.3 Å². The quantitative estimate of drug-likeness (QED) is 0.930. The van der Waals surface area contributed by atoms with Crippen LogP contribution in [0, 0.1) is 16.7 Å². The number of carbonyl (C=O) groups is 1. The monoisotopic (exact) mass is 307 g/mol. The third-order valence-corrected chi connectivity index (χ3v) is 7.04. The molecule has 0 amide bonds. The Morgan fingerprint density at radius 3 is 2.43 bits per heavy atom. The number of hydrogen-bond acceptors (Lipinski definition) is 3. The SMILES string of the molecule is CC1(C)[C@@H]2CC[C@@]1(CS(=O)(=O)Nc1ccccc1)C(=O)C2. The van der Waals surface area contributed by atoms with Crippen LogP contribution < -0.4 is 4.72 Å². The number of Topliss-reactive ketones (excluding diaryl/α,β-unsaturated/α-hetero) is 1. The molecule has 0 spiro atoms. The summed E-state index contributed by atoms with van der Waals surface area (Å²) in [4.78, 5) is 12.4. The number of para-hydroxylation sites is 1. The first-order valence-electron chi connectivity index (χ1n) is 7.36. The molecule has 2 atom stereocenters. The molecule has 1 aromatic carbocycles. The van der Waals surface area contributed by atoms with E-state index in [0.29, 0.717) is 24.4 Å². The van der Waals surface area contributed by atoms with Gasteiger partial charge in [0, 0.05) is 12.1 Å². The van der Waals surface area contributed by atoms with Gasteiger partial charge in [-0.1, -0.05) is 32.0 Å². The molecule has 2 aliphatic rings. The predicted molar refractivity (Wildman–Crippen MR) is 82.4 cm³/mol. The van der Waals surface area contributed by atoms with E-state index in [4.69, 9.17) is 0 Å². The predicted octanol–water partition coefficient (Wildman–Crippen LogP) is 2.82. The molecule has 3 rings (SSSR count). The molecule has 1 aromatic rings. The number of ketones is 1. The van der Waals surface area contributed by atoms with Gasteiger partial charge in [0.15, 0.2) is 0 Å². The van der Waals surface area contributed by atoms with E-state index in [0.717, 1.165) is 6.42 Å². The van der Waals surface area contributed by atoms with Gasteiger partial charge in [0.2, 0.25) is 10.0 Å². The number of anilines is 1. The topological polar surface area (TPSA) is 63.2 Å². The van der Waals surface area contributed by atoms with Crippen molar-refractivity contribution in [2.75, 3.05) is 10.5 Å². The third kappa shape index (κ3) is 2.18. The minimum Gasteiger partial charge on any atom is -0.299 e. The molecular weight excluding hydrogens is 286 g/mol. The van der Waals surface area contributed by atoms with Crippen LogP contribution in [0.1, 0.15) is 33.1 Å². The van der Waals surface area contributed by atoms with Crippen LogP contribution in [-0.2, 0) is 14.8 Å². The summed E-state index contributed by atoms with van der Waals surface area (Å²) in [6, 6.07) is 8.84. The summed E-state index contributed by atoms with van der Waals surface area (Å²) in [7, 11) is -3.54. The van der Waals surface area contributed by atoms with Crippen LogP contribution in [-0.4, -0.2) is 20.0 Å². The van der Waals surface area contributed by atoms with Crippen molar-refractivity contribution in [3.63, 3.8) is 0 Å². The number of fused-ring (bicyclic) bond motifs is 2. The highest BCUT2D eigenvalue weighted by atomic mass is 32.2. The Balaban J connectivity index is 1.87. The Morgan fingerprint density at radius 2 is 1.90 bits per heavy atom. The Kier molecular flexibility index (Phi) is 3.17. The second-order valence-corrected chi connectivity index (χ2v) is 8.62. The van der Waals surface area contributed by atoms with Crippen molar-refractivity contribution < 1.29 is 13.2 Å².